The molecule has 0 bridgehead atoms. The average molecular weight is 291 g/mol. The number of nitrogens with zero attached hydrogens (tertiary/aromatic N) is 3. The van der Waals surface area contributed by atoms with Gasteiger partial charge in [-0.25, -0.2) is 4.98 Å². The van der Waals surface area contributed by atoms with Crippen LogP contribution in [0.4, 0.5) is 5.82 Å². The molecule has 21 heavy (non-hydrogen) atoms. The fourth-order valence-electron chi connectivity index (χ4n) is 2.44. The van der Waals surface area contributed by atoms with Gasteiger partial charge in [-0.3, -0.25) is 4.79 Å². The number of hydrogen-bond acceptors (Lipinski definition) is 5. The Morgan fingerprint density at radius 2 is 2.10 bits per heavy atom. The molecule has 0 aliphatic carbocycles. The van der Waals surface area contributed by atoms with E-state index in [1.54, 1.807) is 18.3 Å². The number of aromatic nitrogens is 1. The van der Waals surface area contributed by atoms with E-state index in [-0.39, 0.29) is 11.7 Å². The number of piperazine rings is 1. The van der Waals surface area contributed by atoms with Gasteiger partial charge in [0.05, 0.1) is 5.56 Å². The minimum absolute atomic E-state index is 0.139. The number of unbranched alkanes of at least 4 members (excludes halogenated alkanes) is 1. The minimum Gasteiger partial charge on any atom is -0.383 e. The molecule has 6 nitrogen and oxygen atoms in total. The molecule has 1 fully saturated rings. The first-order chi connectivity index (χ1) is 10.2. The number of likely N-dealkylation sites (N-methyl/N-ethyl adjacent to an activating group) is 1. The SMILES string of the molecule is CN1CCN(CCCCNC(=O)c2cccnc2N)CC1. The van der Waals surface area contributed by atoms with E-state index in [4.69, 9.17) is 5.73 Å². The van der Waals surface area contributed by atoms with Crippen LogP contribution >= 0.6 is 0 Å². The fraction of sp³-hybridized carbons (Fsp3) is 0.600. The molecule has 0 spiro atoms. The summed E-state index contributed by atoms with van der Waals surface area (Å²) in [4.78, 5) is 20.7. The molecule has 116 valence electrons. The number of rotatable bonds is 6. The van der Waals surface area contributed by atoms with Crippen molar-refractivity contribution in [2.45, 2.75) is 12.8 Å². The molecule has 1 aromatic heterocycles. The van der Waals surface area contributed by atoms with Gasteiger partial charge in [0.1, 0.15) is 5.82 Å². The van der Waals surface area contributed by atoms with Gasteiger partial charge in [0.15, 0.2) is 0 Å². The topological polar surface area (TPSA) is 74.5 Å². The van der Waals surface area contributed by atoms with Gasteiger partial charge in [-0.05, 0) is 38.6 Å². The van der Waals surface area contributed by atoms with Crippen LogP contribution in [0.2, 0.25) is 0 Å². The van der Waals surface area contributed by atoms with Crippen molar-refractivity contribution in [3.63, 3.8) is 0 Å². The normalized spacial score (nSPS) is 16.8. The predicted octanol–water partition coefficient (Wildman–Crippen LogP) is 0.421. The third-order valence-electron chi connectivity index (χ3n) is 3.87. The minimum atomic E-state index is -0.139. The summed E-state index contributed by atoms with van der Waals surface area (Å²) in [6, 6.07) is 3.42. The van der Waals surface area contributed by atoms with Crippen LogP contribution < -0.4 is 11.1 Å². The van der Waals surface area contributed by atoms with Gasteiger partial charge >= 0.3 is 0 Å². The molecule has 0 saturated carbocycles. The lowest BCUT2D eigenvalue weighted by Crippen LogP contribution is -2.44. The molecule has 6 heteroatoms. The van der Waals surface area contributed by atoms with E-state index >= 15 is 0 Å². The third kappa shape index (κ3) is 4.99. The Bertz CT molecular complexity index is 457. The van der Waals surface area contributed by atoms with Crippen LogP contribution in [0.15, 0.2) is 18.3 Å². The number of carbonyl (C=O) groups is 1. The van der Waals surface area contributed by atoms with Crippen molar-refractivity contribution in [2.24, 2.45) is 0 Å². The van der Waals surface area contributed by atoms with Gasteiger partial charge < -0.3 is 20.9 Å². The zero-order valence-corrected chi connectivity index (χ0v) is 12.7. The Kier molecular flexibility index (Phi) is 5.95. The summed E-state index contributed by atoms with van der Waals surface area (Å²) in [5, 5.41) is 2.90. The lowest BCUT2D eigenvalue weighted by Gasteiger charge is -2.32. The van der Waals surface area contributed by atoms with Gasteiger partial charge in [0.2, 0.25) is 0 Å². The van der Waals surface area contributed by atoms with Crippen LogP contribution in [0.3, 0.4) is 0 Å². The van der Waals surface area contributed by atoms with Crippen LogP contribution in [0, 0.1) is 0 Å². The van der Waals surface area contributed by atoms with Crippen LogP contribution in [-0.2, 0) is 0 Å². The molecule has 0 unspecified atom stereocenters. The van der Waals surface area contributed by atoms with E-state index in [2.05, 4.69) is 27.1 Å². The molecular formula is C15H25N5O. The first-order valence-corrected chi connectivity index (χ1v) is 7.56. The van der Waals surface area contributed by atoms with E-state index in [1.165, 1.54) is 0 Å². The molecule has 0 atom stereocenters. The van der Waals surface area contributed by atoms with E-state index in [0.29, 0.717) is 12.1 Å². The monoisotopic (exact) mass is 291 g/mol. The van der Waals surface area contributed by atoms with Crippen molar-refractivity contribution in [1.29, 1.82) is 0 Å². The smallest absolute Gasteiger partial charge is 0.255 e. The number of anilines is 1. The zero-order chi connectivity index (χ0) is 15.1. The number of hydrogen-bond donors (Lipinski definition) is 2. The largest absolute Gasteiger partial charge is 0.383 e. The molecule has 1 aromatic rings. The molecule has 2 heterocycles. The standard InChI is InChI=1S/C15H25N5O/c1-19-9-11-20(12-10-19)8-3-2-6-18-15(21)13-5-4-7-17-14(13)16/h4-5,7H,2-3,6,8-12H2,1H3,(H2,16,17)(H,18,21). The van der Waals surface area contributed by atoms with E-state index in [1.807, 2.05) is 0 Å². The number of carbonyl (C=O) groups excluding carboxylic acids is 1. The number of amides is 1. The van der Waals surface area contributed by atoms with Crippen molar-refractivity contribution in [3.05, 3.63) is 23.9 Å². The average Bonchev–Trinajstić information content (AvgIpc) is 2.49. The van der Waals surface area contributed by atoms with Crippen LogP contribution in [0.25, 0.3) is 0 Å². The Morgan fingerprint density at radius 3 is 2.81 bits per heavy atom. The van der Waals surface area contributed by atoms with E-state index in [0.717, 1.165) is 45.6 Å². The van der Waals surface area contributed by atoms with Crippen molar-refractivity contribution in [2.75, 3.05) is 52.0 Å². The van der Waals surface area contributed by atoms with Crippen molar-refractivity contribution >= 4 is 11.7 Å². The van der Waals surface area contributed by atoms with Gasteiger partial charge in [0.25, 0.3) is 5.91 Å². The molecule has 1 amide bonds. The van der Waals surface area contributed by atoms with Gasteiger partial charge in [-0.1, -0.05) is 0 Å². The molecule has 1 aliphatic heterocycles. The fourth-order valence-corrected chi connectivity index (χ4v) is 2.44. The highest BCUT2D eigenvalue weighted by Crippen LogP contribution is 2.06. The predicted molar refractivity (Wildman–Crippen MR) is 84.2 cm³/mol. The Balaban J connectivity index is 1.60. The maximum Gasteiger partial charge on any atom is 0.255 e. The molecule has 0 radical (unpaired) electrons. The molecular weight excluding hydrogens is 266 g/mol. The molecule has 1 saturated heterocycles. The van der Waals surface area contributed by atoms with Gasteiger partial charge in [-0.15, -0.1) is 0 Å². The second-order valence-corrected chi connectivity index (χ2v) is 5.54. The lowest BCUT2D eigenvalue weighted by molar-refractivity contribution is 0.0952. The van der Waals surface area contributed by atoms with Crippen molar-refractivity contribution in [3.8, 4) is 0 Å². The maximum atomic E-state index is 11.9. The maximum absolute atomic E-state index is 11.9. The van der Waals surface area contributed by atoms with E-state index in [9.17, 15) is 4.79 Å². The highest BCUT2D eigenvalue weighted by atomic mass is 16.1. The Hall–Kier alpha value is -1.66. The number of nitrogens with two attached hydrogens (primary N) is 1. The number of nitrogen functional groups attached to an aromatic ring is 1. The van der Waals surface area contributed by atoms with Crippen LogP contribution in [-0.4, -0.2) is 67.0 Å². The summed E-state index contributed by atoms with van der Waals surface area (Å²) in [5.41, 5.74) is 6.13. The highest BCUT2D eigenvalue weighted by Gasteiger charge is 2.13. The van der Waals surface area contributed by atoms with E-state index < -0.39 is 0 Å². The second-order valence-electron chi connectivity index (χ2n) is 5.54. The quantitative estimate of drug-likeness (QED) is 0.743. The lowest BCUT2D eigenvalue weighted by atomic mass is 10.2. The number of pyridine rings is 1. The molecule has 3 N–H and O–H groups in total. The Labute approximate surface area is 126 Å². The van der Waals surface area contributed by atoms with Crippen LogP contribution in [0.1, 0.15) is 23.2 Å². The summed E-state index contributed by atoms with van der Waals surface area (Å²) in [6.45, 7) is 6.39. The summed E-state index contributed by atoms with van der Waals surface area (Å²) >= 11 is 0. The Morgan fingerprint density at radius 1 is 1.33 bits per heavy atom. The summed E-state index contributed by atoms with van der Waals surface area (Å²) < 4.78 is 0. The van der Waals surface area contributed by atoms with Crippen molar-refractivity contribution < 1.29 is 4.79 Å². The summed E-state index contributed by atoms with van der Waals surface area (Å²) in [6.07, 6.45) is 3.67. The molecule has 1 aliphatic rings. The third-order valence-corrected chi connectivity index (χ3v) is 3.87. The molecule has 0 aromatic carbocycles. The molecule has 2 rings (SSSR count). The first-order valence-electron chi connectivity index (χ1n) is 7.56. The summed E-state index contributed by atoms with van der Waals surface area (Å²) in [7, 11) is 2.16. The zero-order valence-electron chi connectivity index (χ0n) is 12.7. The second kappa shape index (κ2) is 7.95. The highest BCUT2D eigenvalue weighted by molar-refractivity contribution is 5.98. The van der Waals surface area contributed by atoms with Gasteiger partial charge in [-0.2, -0.15) is 0 Å². The van der Waals surface area contributed by atoms with Crippen LogP contribution in [0.5, 0.6) is 0 Å². The van der Waals surface area contributed by atoms with Gasteiger partial charge in [0, 0.05) is 38.9 Å². The summed E-state index contributed by atoms with van der Waals surface area (Å²) in [5.74, 6) is 0.146. The number of nitrogens with one attached hydrogen (secondary N) is 1. The first kappa shape index (κ1) is 15.7. The van der Waals surface area contributed by atoms with Crippen molar-refractivity contribution in [1.82, 2.24) is 20.1 Å².